The Morgan fingerprint density at radius 3 is 2.93 bits per heavy atom. The van der Waals surface area contributed by atoms with Gasteiger partial charge < -0.3 is 14.6 Å². The number of esters is 1. The second-order valence-electron chi connectivity index (χ2n) is 3.80. The summed E-state index contributed by atoms with van der Waals surface area (Å²) in [6.45, 7) is 5.31. The molecule has 0 fully saturated rings. The zero-order chi connectivity index (χ0) is 11.3. The van der Waals surface area contributed by atoms with Crippen LogP contribution in [-0.4, -0.2) is 23.7 Å². The van der Waals surface area contributed by atoms with Gasteiger partial charge in [-0.15, -0.1) is 0 Å². The van der Waals surface area contributed by atoms with Crippen LogP contribution >= 0.6 is 0 Å². The van der Waals surface area contributed by atoms with Gasteiger partial charge in [0, 0.05) is 25.0 Å². The van der Waals surface area contributed by atoms with Crippen molar-refractivity contribution in [1.82, 2.24) is 9.88 Å². The third kappa shape index (κ3) is 4.16. The number of methoxy groups -OCH3 is 1. The lowest BCUT2D eigenvalue weighted by Gasteiger charge is -2.05. The van der Waals surface area contributed by atoms with E-state index >= 15 is 0 Å². The quantitative estimate of drug-likeness (QED) is 0.742. The van der Waals surface area contributed by atoms with Crippen LogP contribution in [0, 0.1) is 0 Å². The first-order chi connectivity index (χ1) is 7.11. The molecule has 1 rings (SSSR count). The first-order valence-electron chi connectivity index (χ1n) is 5.06. The molecule has 0 spiro atoms. The molecule has 0 aromatic carbocycles. The summed E-state index contributed by atoms with van der Waals surface area (Å²) in [6, 6.07) is 2.46. The molecule has 1 N–H and O–H groups in total. The maximum atomic E-state index is 11.0. The summed E-state index contributed by atoms with van der Waals surface area (Å²) >= 11 is 0. The maximum Gasteiger partial charge on any atom is 0.325 e. The normalized spacial score (nSPS) is 10.7. The summed E-state index contributed by atoms with van der Waals surface area (Å²) in [5.74, 6) is -0.228. The van der Waals surface area contributed by atoms with Gasteiger partial charge in [0.05, 0.1) is 7.11 Å². The molecule has 1 heterocycles. The zero-order valence-electron chi connectivity index (χ0n) is 9.49. The van der Waals surface area contributed by atoms with Gasteiger partial charge >= 0.3 is 5.97 Å². The van der Waals surface area contributed by atoms with Crippen LogP contribution < -0.4 is 5.32 Å². The molecule has 15 heavy (non-hydrogen) atoms. The van der Waals surface area contributed by atoms with Crippen LogP contribution in [-0.2, 0) is 22.6 Å². The van der Waals surface area contributed by atoms with Gasteiger partial charge in [-0.25, -0.2) is 0 Å². The molecule has 0 aliphatic carbocycles. The lowest BCUT2D eigenvalue weighted by Crippen LogP contribution is -2.21. The maximum absolute atomic E-state index is 11.0. The molecule has 4 heteroatoms. The van der Waals surface area contributed by atoms with E-state index in [1.165, 1.54) is 12.7 Å². The lowest BCUT2D eigenvalue weighted by molar-refractivity contribution is -0.141. The summed E-state index contributed by atoms with van der Waals surface area (Å²) in [7, 11) is 1.40. The van der Waals surface area contributed by atoms with Gasteiger partial charge in [-0.1, -0.05) is 13.8 Å². The van der Waals surface area contributed by atoms with Crippen LogP contribution in [0.15, 0.2) is 18.5 Å². The molecule has 0 aliphatic rings. The minimum Gasteiger partial charge on any atom is -0.468 e. The highest BCUT2D eigenvalue weighted by Crippen LogP contribution is 2.01. The van der Waals surface area contributed by atoms with Gasteiger partial charge in [0.15, 0.2) is 0 Å². The van der Waals surface area contributed by atoms with Gasteiger partial charge in [0.1, 0.15) is 6.54 Å². The number of nitrogens with one attached hydrogen (secondary N) is 1. The van der Waals surface area contributed by atoms with Crippen molar-refractivity contribution >= 4 is 5.97 Å². The molecule has 0 amide bonds. The van der Waals surface area contributed by atoms with Gasteiger partial charge in [-0.05, 0) is 11.6 Å². The number of nitrogens with zero attached hydrogens (tertiary/aromatic N) is 1. The second-order valence-corrected chi connectivity index (χ2v) is 3.80. The molecule has 84 valence electrons. The molecule has 1 aromatic heterocycles. The molecular formula is C11H18N2O2. The van der Waals surface area contributed by atoms with Crippen molar-refractivity contribution < 1.29 is 9.53 Å². The first kappa shape index (κ1) is 11.8. The minimum atomic E-state index is -0.228. The van der Waals surface area contributed by atoms with Crippen molar-refractivity contribution in [3.05, 3.63) is 24.0 Å². The number of ether oxygens (including phenoxy) is 1. The molecule has 0 atom stereocenters. The van der Waals surface area contributed by atoms with E-state index in [4.69, 9.17) is 0 Å². The van der Waals surface area contributed by atoms with Crippen LogP contribution in [0.1, 0.15) is 19.4 Å². The fourth-order valence-corrected chi connectivity index (χ4v) is 1.23. The smallest absolute Gasteiger partial charge is 0.325 e. The summed E-state index contributed by atoms with van der Waals surface area (Å²) in [6.07, 6.45) is 3.83. The SMILES string of the molecule is COC(=O)Cn1ccc(CNC(C)C)c1. The molecule has 1 aromatic rings. The second kappa shape index (κ2) is 5.56. The number of carbonyl (C=O) groups excluding carboxylic acids is 1. The number of hydrogen-bond donors (Lipinski definition) is 1. The zero-order valence-corrected chi connectivity index (χ0v) is 9.49. The largest absolute Gasteiger partial charge is 0.468 e. The Balaban J connectivity index is 2.45. The third-order valence-electron chi connectivity index (χ3n) is 2.07. The molecule has 4 nitrogen and oxygen atoms in total. The fourth-order valence-electron chi connectivity index (χ4n) is 1.23. The van der Waals surface area contributed by atoms with Gasteiger partial charge in [-0.3, -0.25) is 4.79 Å². The van der Waals surface area contributed by atoms with E-state index in [-0.39, 0.29) is 12.5 Å². The average molecular weight is 210 g/mol. The summed E-state index contributed by atoms with van der Waals surface area (Å²) in [4.78, 5) is 11.0. The Bertz CT molecular complexity index is 318. The summed E-state index contributed by atoms with van der Waals surface area (Å²) < 4.78 is 6.41. The first-order valence-corrected chi connectivity index (χ1v) is 5.06. The molecule has 0 saturated heterocycles. The van der Waals surface area contributed by atoms with Crippen LogP contribution in [0.25, 0.3) is 0 Å². The van der Waals surface area contributed by atoms with Crippen LogP contribution in [0.5, 0.6) is 0 Å². The van der Waals surface area contributed by atoms with E-state index in [9.17, 15) is 4.79 Å². The molecule has 0 bridgehead atoms. The standard InChI is InChI=1S/C11H18N2O2/c1-9(2)12-6-10-4-5-13(7-10)8-11(14)15-3/h4-5,7,9,12H,6,8H2,1-3H3. The third-order valence-corrected chi connectivity index (χ3v) is 2.07. The number of carbonyl (C=O) groups is 1. The highest BCUT2D eigenvalue weighted by Gasteiger charge is 2.02. The Hall–Kier alpha value is -1.29. The Kier molecular flexibility index (Phi) is 4.37. The van der Waals surface area contributed by atoms with Crippen molar-refractivity contribution in [3.8, 4) is 0 Å². The minimum absolute atomic E-state index is 0.228. The van der Waals surface area contributed by atoms with Gasteiger partial charge in [0.2, 0.25) is 0 Å². The average Bonchev–Trinajstić information content (AvgIpc) is 2.62. The van der Waals surface area contributed by atoms with E-state index in [1.54, 1.807) is 0 Å². The van der Waals surface area contributed by atoms with E-state index in [0.29, 0.717) is 6.04 Å². The number of rotatable bonds is 5. The van der Waals surface area contributed by atoms with Crippen LogP contribution in [0.4, 0.5) is 0 Å². The van der Waals surface area contributed by atoms with Crippen molar-refractivity contribution in [3.63, 3.8) is 0 Å². The van der Waals surface area contributed by atoms with Crippen molar-refractivity contribution in [2.75, 3.05) is 7.11 Å². The van der Waals surface area contributed by atoms with Crippen LogP contribution in [0.3, 0.4) is 0 Å². The van der Waals surface area contributed by atoms with Crippen molar-refractivity contribution in [1.29, 1.82) is 0 Å². The lowest BCUT2D eigenvalue weighted by atomic mass is 10.3. The van der Waals surface area contributed by atoms with Crippen LogP contribution in [0.2, 0.25) is 0 Å². The predicted octanol–water partition coefficient (Wildman–Crippen LogP) is 1.16. The molecule has 0 radical (unpaired) electrons. The van der Waals surface area contributed by atoms with E-state index < -0.39 is 0 Å². The van der Waals surface area contributed by atoms with Gasteiger partial charge in [0.25, 0.3) is 0 Å². The van der Waals surface area contributed by atoms with E-state index in [0.717, 1.165) is 6.54 Å². The Labute approximate surface area is 90.2 Å². The molecule has 0 aliphatic heterocycles. The fraction of sp³-hybridized carbons (Fsp3) is 0.545. The number of hydrogen-bond acceptors (Lipinski definition) is 3. The molecule has 0 saturated carbocycles. The monoisotopic (exact) mass is 210 g/mol. The van der Waals surface area contributed by atoms with E-state index in [1.807, 2.05) is 23.0 Å². The van der Waals surface area contributed by atoms with Crippen molar-refractivity contribution in [2.24, 2.45) is 0 Å². The summed E-state index contributed by atoms with van der Waals surface area (Å²) in [5, 5.41) is 3.31. The van der Waals surface area contributed by atoms with Gasteiger partial charge in [-0.2, -0.15) is 0 Å². The Morgan fingerprint density at radius 2 is 2.33 bits per heavy atom. The van der Waals surface area contributed by atoms with E-state index in [2.05, 4.69) is 23.9 Å². The summed E-state index contributed by atoms with van der Waals surface area (Å²) in [5.41, 5.74) is 1.17. The Morgan fingerprint density at radius 1 is 1.60 bits per heavy atom. The topological polar surface area (TPSA) is 43.3 Å². The highest BCUT2D eigenvalue weighted by atomic mass is 16.5. The molecule has 0 unspecified atom stereocenters. The van der Waals surface area contributed by atoms with Crippen molar-refractivity contribution in [2.45, 2.75) is 33.0 Å². The molecular weight excluding hydrogens is 192 g/mol. The number of aromatic nitrogens is 1. The predicted molar refractivity (Wildman–Crippen MR) is 58.4 cm³/mol. The highest BCUT2D eigenvalue weighted by molar-refractivity contribution is 5.68.